The van der Waals surface area contributed by atoms with Crippen molar-refractivity contribution in [2.75, 3.05) is 39.3 Å². The highest BCUT2D eigenvalue weighted by Crippen LogP contribution is 2.33. The van der Waals surface area contributed by atoms with Crippen LogP contribution in [0.15, 0.2) is 23.2 Å². The molecule has 1 aromatic rings. The lowest BCUT2D eigenvalue weighted by Crippen LogP contribution is -2.58. The van der Waals surface area contributed by atoms with Gasteiger partial charge in [-0.2, -0.15) is 10.5 Å². The molecule has 3 saturated heterocycles. The Morgan fingerprint density at radius 3 is 2.31 bits per heavy atom. The van der Waals surface area contributed by atoms with Crippen LogP contribution in [-0.4, -0.2) is 76.9 Å². The molecule has 10 nitrogen and oxygen atoms in total. The summed E-state index contributed by atoms with van der Waals surface area (Å²) in [5, 5.41) is 27.6. The van der Waals surface area contributed by atoms with Gasteiger partial charge >= 0.3 is 0 Å². The molecule has 0 saturated carbocycles. The molecule has 3 fully saturated rings. The van der Waals surface area contributed by atoms with E-state index in [1.165, 1.54) is 5.56 Å². The fourth-order valence-corrected chi connectivity index (χ4v) is 5.53. The van der Waals surface area contributed by atoms with Gasteiger partial charge in [0.15, 0.2) is 0 Å². The van der Waals surface area contributed by atoms with Gasteiger partial charge in [0.05, 0.1) is 23.5 Å². The van der Waals surface area contributed by atoms with Gasteiger partial charge in [-0.15, -0.1) is 4.99 Å². The Hall–Kier alpha value is -3.63. The number of benzene rings is 1. The summed E-state index contributed by atoms with van der Waals surface area (Å²) in [6, 6.07) is 7.94. The van der Waals surface area contributed by atoms with Gasteiger partial charge in [0.25, 0.3) is 0 Å². The Balaban J connectivity index is 1.42. The SMILES string of the molecule is Cc1cc(C#N)ccc1C1CCN(C(=O)C2CCN(C(=NC#N)N3CCC3)CC2C(=O)NO)CC1. The number of nitriles is 2. The van der Waals surface area contributed by atoms with E-state index >= 15 is 0 Å². The third-order valence-electron chi connectivity index (χ3n) is 7.59. The van der Waals surface area contributed by atoms with Crippen molar-refractivity contribution in [2.24, 2.45) is 16.8 Å². The van der Waals surface area contributed by atoms with Gasteiger partial charge in [-0.05, 0) is 61.8 Å². The summed E-state index contributed by atoms with van der Waals surface area (Å²) in [4.78, 5) is 35.8. The van der Waals surface area contributed by atoms with Gasteiger partial charge in [-0.1, -0.05) is 6.07 Å². The van der Waals surface area contributed by atoms with E-state index in [0.29, 0.717) is 43.5 Å². The maximum absolute atomic E-state index is 13.5. The Labute approximate surface area is 205 Å². The van der Waals surface area contributed by atoms with Crippen LogP contribution >= 0.6 is 0 Å². The van der Waals surface area contributed by atoms with Gasteiger partial charge in [0.2, 0.25) is 24.0 Å². The van der Waals surface area contributed by atoms with Crippen LogP contribution in [0.4, 0.5) is 0 Å². The number of nitrogens with one attached hydrogen (secondary N) is 1. The predicted octanol–water partition coefficient (Wildman–Crippen LogP) is 1.56. The van der Waals surface area contributed by atoms with Crippen LogP contribution in [0.5, 0.6) is 0 Å². The topological polar surface area (TPSA) is 136 Å². The number of hydrogen-bond acceptors (Lipinski definition) is 6. The molecular formula is C25H31N7O3. The monoisotopic (exact) mass is 477 g/mol. The Morgan fingerprint density at radius 2 is 1.74 bits per heavy atom. The number of hydroxylamine groups is 1. The van der Waals surface area contributed by atoms with E-state index in [0.717, 1.165) is 37.9 Å². The molecule has 184 valence electrons. The minimum Gasteiger partial charge on any atom is -0.342 e. The Bertz CT molecular complexity index is 1080. The zero-order valence-electron chi connectivity index (χ0n) is 20.0. The van der Waals surface area contributed by atoms with Gasteiger partial charge in [-0.25, -0.2) is 5.48 Å². The second kappa shape index (κ2) is 10.7. The number of amides is 2. The summed E-state index contributed by atoms with van der Waals surface area (Å²) >= 11 is 0. The molecule has 0 aromatic heterocycles. The number of carbonyl (C=O) groups is 2. The summed E-state index contributed by atoms with van der Waals surface area (Å²) in [6.45, 7) is 5.58. The molecule has 0 bridgehead atoms. The molecule has 35 heavy (non-hydrogen) atoms. The average molecular weight is 478 g/mol. The largest absolute Gasteiger partial charge is 0.342 e. The number of aryl methyl sites for hydroxylation is 1. The Kier molecular flexibility index (Phi) is 7.52. The summed E-state index contributed by atoms with van der Waals surface area (Å²) in [5.41, 5.74) is 4.70. The van der Waals surface area contributed by atoms with Crippen LogP contribution in [-0.2, 0) is 9.59 Å². The highest BCUT2D eigenvalue weighted by Gasteiger charge is 2.42. The zero-order chi connectivity index (χ0) is 24.9. The minimum absolute atomic E-state index is 0.0593. The van der Waals surface area contributed by atoms with E-state index in [-0.39, 0.29) is 12.5 Å². The van der Waals surface area contributed by atoms with Crippen LogP contribution < -0.4 is 5.48 Å². The lowest BCUT2D eigenvalue weighted by molar-refractivity contribution is -0.148. The van der Waals surface area contributed by atoms with Gasteiger partial charge in [0, 0.05) is 39.3 Å². The molecule has 3 aliphatic rings. The van der Waals surface area contributed by atoms with Crippen molar-refractivity contribution in [3.05, 3.63) is 34.9 Å². The fraction of sp³-hybridized carbons (Fsp3) is 0.560. The van der Waals surface area contributed by atoms with Crippen molar-refractivity contribution in [3.63, 3.8) is 0 Å². The quantitative estimate of drug-likeness (QED) is 0.222. The first-order valence-corrected chi connectivity index (χ1v) is 12.2. The first-order chi connectivity index (χ1) is 17.0. The maximum atomic E-state index is 13.5. The van der Waals surface area contributed by atoms with Crippen LogP contribution in [0, 0.1) is 41.5 Å². The number of likely N-dealkylation sites (tertiary alicyclic amines) is 3. The molecular weight excluding hydrogens is 446 g/mol. The lowest BCUT2D eigenvalue weighted by Gasteiger charge is -2.44. The van der Waals surface area contributed by atoms with Crippen molar-refractivity contribution in [1.29, 1.82) is 10.5 Å². The van der Waals surface area contributed by atoms with Crippen molar-refractivity contribution >= 4 is 17.8 Å². The molecule has 0 spiro atoms. The van der Waals surface area contributed by atoms with E-state index in [4.69, 9.17) is 10.5 Å². The molecule has 2 N–H and O–H groups in total. The zero-order valence-corrected chi connectivity index (χ0v) is 20.0. The highest BCUT2D eigenvalue weighted by molar-refractivity contribution is 5.89. The second-order valence-corrected chi connectivity index (χ2v) is 9.56. The fourth-order valence-electron chi connectivity index (χ4n) is 5.53. The predicted molar refractivity (Wildman–Crippen MR) is 127 cm³/mol. The molecule has 2 atom stereocenters. The van der Waals surface area contributed by atoms with E-state index in [1.54, 1.807) is 5.48 Å². The smallest absolute Gasteiger partial charge is 0.249 e. The van der Waals surface area contributed by atoms with Crippen LogP contribution in [0.3, 0.4) is 0 Å². The van der Waals surface area contributed by atoms with E-state index in [9.17, 15) is 14.8 Å². The molecule has 3 aliphatic heterocycles. The van der Waals surface area contributed by atoms with Crippen LogP contribution in [0.2, 0.25) is 0 Å². The van der Waals surface area contributed by atoms with Crippen molar-refractivity contribution < 1.29 is 14.8 Å². The number of carbonyl (C=O) groups excluding carboxylic acids is 2. The summed E-state index contributed by atoms with van der Waals surface area (Å²) in [7, 11) is 0. The number of piperidine rings is 2. The van der Waals surface area contributed by atoms with E-state index < -0.39 is 17.7 Å². The maximum Gasteiger partial charge on any atom is 0.249 e. The average Bonchev–Trinajstić information content (AvgIpc) is 2.86. The minimum atomic E-state index is -0.732. The molecule has 0 radical (unpaired) electrons. The third kappa shape index (κ3) is 5.08. The summed E-state index contributed by atoms with van der Waals surface area (Å²) in [5.74, 6) is -1.05. The van der Waals surface area contributed by atoms with Gasteiger partial charge in [-0.3, -0.25) is 14.8 Å². The van der Waals surface area contributed by atoms with Gasteiger partial charge in [0.1, 0.15) is 0 Å². The van der Waals surface area contributed by atoms with Crippen LogP contribution in [0.25, 0.3) is 0 Å². The molecule has 3 heterocycles. The molecule has 4 rings (SSSR count). The normalized spacial score (nSPS) is 23.2. The summed E-state index contributed by atoms with van der Waals surface area (Å²) in [6.07, 6.45) is 4.97. The first-order valence-electron chi connectivity index (χ1n) is 12.2. The van der Waals surface area contributed by atoms with Crippen LogP contribution in [0.1, 0.15) is 48.3 Å². The second-order valence-electron chi connectivity index (χ2n) is 9.56. The standard InChI is InChI=1S/C25H31N7O3/c1-17-13-18(14-26)3-4-20(17)19-5-10-30(11-6-19)24(34)21-7-12-32(15-22(21)23(33)29-35)25(28-16-27)31-8-2-9-31/h3-4,13,19,21-22,35H,2,5-12,15H2,1H3,(H,29,33). The number of rotatable bonds is 3. The molecule has 10 heteroatoms. The van der Waals surface area contributed by atoms with Crippen molar-refractivity contribution in [1.82, 2.24) is 20.2 Å². The molecule has 2 unspecified atom stereocenters. The number of nitrogens with zero attached hydrogens (tertiary/aromatic N) is 6. The number of hydrogen-bond donors (Lipinski definition) is 2. The first kappa shape index (κ1) is 24.5. The van der Waals surface area contributed by atoms with E-state index in [2.05, 4.69) is 11.1 Å². The molecule has 0 aliphatic carbocycles. The van der Waals surface area contributed by atoms with Crippen molar-refractivity contribution in [3.8, 4) is 12.3 Å². The third-order valence-corrected chi connectivity index (χ3v) is 7.59. The van der Waals surface area contributed by atoms with E-state index in [1.807, 2.05) is 46.0 Å². The molecule has 2 amide bonds. The van der Waals surface area contributed by atoms with Crippen molar-refractivity contribution in [2.45, 2.75) is 38.5 Å². The number of guanidine groups is 1. The lowest BCUT2D eigenvalue weighted by atomic mass is 9.82. The van der Waals surface area contributed by atoms with Gasteiger partial charge < -0.3 is 14.7 Å². The number of aliphatic imine (C=N–C) groups is 1. The summed E-state index contributed by atoms with van der Waals surface area (Å²) < 4.78 is 0. The highest BCUT2D eigenvalue weighted by atomic mass is 16.5. The Morgan fingerprint density at radius 1 is 1.03 bits per heavy atom. The molecule has 1 aromatic carbocycles.